The number of halogens is 1. The van der Waals surface area contributed by atoms with Crippen molar-refractivity contribution in [3.8, 4) is 0 Å². The van der Waals surface area contributed by atoms with Crippen LogP contribution in [0.4, 0.5) is 4.39 Å². The predicted molar refractivity (Wildman–Crippen MR) is 118 cm³/mol. The first-order valence-electron chi connectivity index (χ1n) is 11.4. The molecule has 1 amide bonds. The van der Waals surface area contributed by atoms with Crippen LogP contribution >= 0.6 is 0 Å². The van der Waals surface area contributed by atoms with Crippen molar-refractivity contribution in [3.63, 3.8) is 0 Å². The van der Waals surface area contributed by atoms with Gasteiger partial charge in [0.25, 0.3) is 5.91 Å². The molecular formula is C24H33FN4O2. The van der Waals surface area contributed by atoms with E-state index in [1.165, 1.54) is 11.8 Å². The lowest BCUT2D eigenvalue weighted by Gasteiger charge is -2.28. The molecule has 1 aromatic carbocycles. The number of rotatable bonds is 7. The Bertz CT molecular complexity index is 905. The van der Waals surface area contributed by atoms with E-state index in [1.54, 1.807) is 6.07 Å². The van der Waals surface area contributed by atoms with Crippen LogP contribution in [-0.4, -0.2) is 59.5 Å². The van der Waals surface area contributed by atoms with Gasteiger partial charge in [-0.05, 0) is 49.8 Å². The molecule has 1 aliphatic carbocycles. The quantitative estimate of drug-likeness (QED) is 0.737. The molecule has 1 aliphatic heterocycles. The Morgan fingerprint density at radius 1 is 1.29 bits per heavy atom. The molecule has 0 radical (unpaired) electrons. The first-order valence-corrected chi connectivity index (χ1v) is 11.4. The Kier molecular flexibility index (Phi) is 7.02. The largest absolute Gasteiger partial charge is 0.378 e. The monoisotopic (exact) mass is 428 g/mol. The number of benzene rings is 1. The standard InChI is InChI=1S/C24H33FN4O2/c1-17(2)16-29-22-8-7-19(26-10-9-18-5-3-4-6-21(18)25)15-20(22)23(27-29)24(30)28-11-13-31-14-12-28/h3-6,17,19,26H,7-16H2,1-2H3. The highest BCUT2D eigenvalue weighted by Crippen LogP contribution is 2.27. The third-order valence-electron chi connectivity index (χ3n) is 6.17. The number of ether oxygens (including phenoxy) is 1. The van der Waals surface area contributed by atoms with Gasteiger partial charge in [0.2, 0.25) is 0 Å². The van der Waals surface area contributed by atoms with Crippen molar-refractivity contribution < 1.29 is 13.9 Å². The third-order valence-corrected chi connectivity index (χ3v) is 6.17. The molecule has 1 saturated heterocycles. The van der Waals surface area contributed by atoms with E-state index in [1.807, 2.05) is 17.0 Å². The molecule has 0 spiro atoms. The van der Waals surface area contributed by atoms with Crippen LogP contribution in [0.5, 0.6) is 0 Å². The molecule has 1 N–H and O–H groups in total. The summed E-state index contributed by atoms with van der Waals surface area (Å²) in [5, 5.41) is 8.37. The number of carbonyl (C=O) groups is 1. The van der Waals surface area contributed by atoms with Crippen molar-refractivity contribution in [1.82, 2.24) is 20.0 Å². The second kappa shape index (κ2) is 9.92. The van der Waals surface area contributed by atoms with Gasteiger partial charge in [0.05, 0.1) is 13.2 Å². The SMILES string of the molecule is CC(C)Cn1nc(C(=O)N2CCOCC2)c2c1CCC(NCCc1ccccc1F)C2. The number of aromatic nitrogens is 2. The zero-order valence-corrected chi connectivity index (χ0v) is 18.6. The second-order valence-electron chi connectivity index (χ2n) is 8.99. The van der Waals surface area contributed by atoms with E-state index in [4.69, 9.17) is 9.84 Å². The van der Waals surface area contributed by atoms with Gasteiger partial charge in [0.1, 0.15) is 5.82 Å². The maximum Gasteiger partial charge on any atom is 0.274 e. The summed E-state index contributed by atoms with van der Waals surface area (Å²) in [6, 6.07) is 7.21. The van der Waals surface area contributed by atoms with E-state index >= 15 is 0 Å². The molecule has 1 aromatic heterocycles. The molecule has 4 rings (SSSR count). The summed E-state index contributed by atoms with van der Waals surface area (Å²) >= 11 is 0. The lowest BCUT2D eigenvalue weighted by molar-refractivity contribution is 0.0297. The van der Waals surface area contributed by atoms with Gasteiger partial charge in [-0.1, -0.05) is 32.0 Å². The number of carbonyl (C=O) groups excluding carboxylic acids is 1. The molecule has 7 heteroatoms. The van der Waals surface area contributed by atoms with Crippen molar-refractivity contribution in [2.24, 2.45) is 5.92 Å². The van der Waals surface area contributed by atoms with Gasteiger partial charge in [0, 0.05) is 36.9 Å². The number of hydrogen-bond donors (Lipinski definition) is 1. The number of fused-ring (bicyclic) bond motifs is 1. The second-order valence-corrected chi connectivity index (χ2v) is 8.99. The lowest BCUT2D eigenvalue weighted by atomic mass is 9.90. The van der Waals surface area contributed by atoms with Crippen molar-refractivity contribution in [2.75, 3.05) is 32.8 Å². The molecule has 0 bridgehead atoms. The minimum Gasteiger partial charge on any atom is -0.378 e. The van der Waals surface area contributed by atoms with Crippen LogP contribution in [0.15, 0.2) is 24.3 Å². The van der Waals surface area contributed by atoms with E-state index in [0.29, 0.717) is 50.9 Å². The van der Waals surface area contributed by atoms with Gasteiger partial charge in [-0.3, -0.25) is 9.48 Å². The normalized spacial score (nSPS) is 19.0. The Morgan fingerprint density at radius 2 is 2.06 bits per heavy atom. The van der Waals surface area contributed by atoms with Crippen molar-refractivity contribution in [3.05, 3.63) is 52.6 Å². The summed E-state index contributed by atoms with van der Waals surface area (Å²) in [6.45, 7) is 8.30. The molecule has 1 unspecified atom stereocenters. The molecular weight excluding hydrogens is 395 g/mol. The molecule has 2 heterocycles. The van der Waals surface area contributed by atoms with Gasteiger partial charge in [-0.2, -0.15) is 5.10 Å². The minimum atomic E-state index is -0.149. The summed E-state index contributed by atoms with van der Waals surface area (Å²) in [6.07, 6.45) is 3.35. The van der Waals surface area contributed by atoms with E-state index in [-0.39, 0.29) is 17.8 Å². The molecule has 168 valence electrons. The van der Waals surface area contributed by atoms with Crippen LogP contribution in [-0.2, 0) is 30.5 Å². The average molecular weight is 429 g/mol. The molecule has 31 heavy (non-hydrogen) atoms. The number of nitrogens with zero attached hydrogens (tertiary/aromatic N) is 3. The fourth-order valence-corrected chi connectivity index (χ4v) is 4.56. The maximum absolute atomic E-state index is 13.9. The smallest absolute Gasteiger partial charge is 0.274 e. The molecule has 2 aromatic rings. The molecule has 1 fully saturated rings. The number of nitrogens with one attached hydrogen (secondary N) is 1. The van der Waals surface area contributed by atoms with Crippen LogP contribution < -0.4 is 5.32 Å². The Morgan fingerprint density at radius 3 is 2.81 bits per heavy atom. The highest BCUT2D eigenvalue weighted by Gasteiger charge is 2.31. The van der Waals surface area contributed by atoms with Crippen LogP contribution in [0.1, 0.15) is 47.6 Å². The highest BCUT2D eigenvalue weighted by molar-refractivity contribution is 5.94. The van der Waals surface area contributed by atoms with E-state index in [2.05, 4.69) is 23.8 Å². The fraction of sp³-hybridized carbons (Fsp3) is 0.583. The van der Waals surface area contributed by atoms with E-state index < -0.39 is 0 Å². The number of morpholine rings is 1. The maximum atomic E-state index is 13.9. The lowest BCUT2D eigenvalue weighted by Crippen LogP contribution is -2.42. The van der Waals surface area contributed by atoms with Crippen LogP contribution in [0.25, 0.3) is 0 Å². The summed E-state index contributed by atoms with van der Waals surface area (Å²) in [5.74, 6) is 0.338. The van der Waals surface area contributed by atoms with Gasteiger partial charge in [-0.25, -0.2) is 4.39 Å². The van der Waals surface area contributed by atoms with Gasteiger partial charge in [0.15, 0.2) is 5.69 Å². The minimum absolute atomic E-state index is 0.0223. The predicted octanol–water partition coefficient (Wildman–Crippen LogP) is 2.84. The Hall–Kier alpha value is -2.25. The van der Waals surface area contributed by atoms with Gasteiger partial charge >= 0.3 is 0 Å². The molecule has 1 atom stereocenters. The summed E-state index contributed by atoms with van der Waals surface area (Å²) in [5.41, 5.74) is 3.64. The molecule has 0 saturated carbocycles. The first kappa shape index (κ1) is 22.0. The first-order chi connectivity index (χ1) is 15.0. The third kappa shape index (κ3) is 5.15. The summed E-state index contributed by atoms with van der Waals surface area (Å²) < 4.78 is 21.4. The fourth-order valence-electron chi connectivity index (χ4n) is 4.56. The zero-order valence-electron chi connectivity index (χ0n) is 18.6. The highest BCUT2D eigenvalue weighted by atomic mass is 19.1. The summed E-state index contributed by atoms with van der Waals surface area (Å²) in [7, 11) is 0. The van der Waals surface area contributed by atoms with Crippen molar-refractivity contribution >= 4 is 5.91 Å². The van der Waals surface area contributed by atoms with Gasteiger partial charge in [-0.15, -0.1) is 0 Å². The zero-order chi connectivity index (χ0) is 21.8. The van der Waals surface area contributed by atoms with E-state index in [9.17, 15) is 9.18 Å². The number of hydrogen-bond acceptors (Lipinski definition) is 4. The van der Waals surface area contributed by atoms with E-state index in [0.717, 1.165) is 36.9 Å². The van der Waals surface area contributed by atoms with Crippen molar-refractivity contribution in [1.29, 1.82) is 0 Å². The number of amides is 1. The average Bonchev–Trinajstić information content (AvgIpc) is 3.12. The summed E-state index contributed by atoms with van der Waals surface area (Å²) in [4.78, 5) is 15.1. The van der Waals surface area contributed by atoms with Crippen LogP contribution in [0.3, 0.4) is 0 Å². The van der Waals surface area contributed by atoms with Crippen LogP contribution in [0.2, 0.25) is 0 Å². The van der Waals surface area contributed by atoms with Crippen molar-refractivity contribution in [2.45, 2.75) is 52.1 Å². The van der Waals surface area contributed by atoms with Gasteiger partial charge < -0.3 is 15.0 Å². The molecule has 2 aliphatic rings. The van der Waals surface area contributed by atoms with Crippen LogP contribution in [0, 0.1) is 11.7 Å². The topological polar surface area (TPSA) is 59.4 Å². The molecule has 6 nitrogen and oxygen atoms in total. The Labute approximate surface area is 183 Å². The Balaban J connectivity index is 1.47.